The second-order valence-electron chi connectivity index (χ2n) is 4.46. The lowest BCUT2D eigenvalue weighted by molar-refractivity contribution is 0.0937. The van der Waals surface area contributed by atoms with E-state index in [9.17, 15) is 4.79 Å². The van der Waals surface area contributed by atoms with Gasteiger partial charge in [-0.15, -0.1) is 0 Å². The molecular weight excluding hydrogens is 393 g/mol. The fourth-order valence-corrected chi connectivity index (χ4v) is 2.60. The zero-order valence-electron chi connectivity index (χ0n) is 10.0. The van der Waals surface area contributed by atoms with Crippen molar-refractivity contribution in [3.8, 4) is 0 Å². The van der Waals surface area contributed by atoms with Gasteiger partial charge < -0.3 is 5.32 Å². The van der Waals surface area contributed by atoms with Crippen LogP contribution in [0.1, 0.15) is 30.6 Å². The van der Waals surface area contributed by atoms with Crippen LogP contribution in [0.2, 0.25) is 0 Å². The Kier molecular flexibility index (Phi) is 6.48. The third-order valence-corrected chi connectivity index (χ3v) is 3.82. The van der Waals surface area contributed by atoms with Crippen LogP contribution in [-0.2, 0) is 0 Å². The smallest absolute Gasteiger partial charge is 0.251 e. The molecule has 0 fully saturated rings. The molecule has 0 saturated heterocycles. The van der Waals surface area contributed by atoms with Gasteiger partial charge in [0.15, 0.2) is 0 Å². The molecule has 1 atom stereocenters. The molecule has 1 unspecified atom stereocenters. The summed E-state index contributed by atoms with van der Waals surface area (Å²) in [7, 11) is 0. The largest absolute Gasteiger partial charge is 0.348 e. The highest BCUT2D eigenvalue weighted by atomic mass is 127. The Labute approximate surface area is 125 Å². The predicted octanol–water partition coefficient (Wildman–Crippen LogP) is 3.83. The summed E-state index contributed by atoms with van der Waals surface area (Å²) in [4.78, 5) is 12.0. The van der Waals surface area contributed by atoms with Crippen LogP contribution in [0.4, 0.5) is 0 Å². The van der Waals surface area contributed by atoms with Gasteiger partial charge in [0.2, 0.25) is 0 Å². The van der Waals surface area contributed by atoms with E-state index in [1.54, 1.807) is 0 Å². The second kappa shape index (κ2) is 7.36. The first-order valence-corrected chi connectivity index (χ1v) is 7.85. The van der Waals surface area contributed by atoms with Crippen LogP contribution < -0.4 is 5.32 Å². The van der Waals surface area contributed by atoms with E-state index in [0.29, 0.717) is 5.92 Å². The molecule has 0 radical (unpaired) electrons. The Morgan fingerprint density at radius 2 is 2.18 bits per heavy atom. The van der Waals surface area contributed by atoms with E-state index in [4.69, 9.17) is 0 Å². The lowest BCUT2D eigenvalue weighted by Gasteiger charge is -2.18. The minimum atomic E-state index is 0.00798. The monoisotopic (exact) mass is 409 g/mol. The van der Waals surface area contributed by atoms with Gasteiger partial charge in [-0.05, 0) is 53.1 Å². The summed E-state index contributed by atoms with van der Waals surface area (Å²) in [5, 5.41) is 3.84. The molecule has 4 heteroatoms. The maximum Gasteiger partial charge on any atom is 0.251 e. The van der Waals surface area contributed by atoms with Crippen molar-refractivity contribution in [2.45, 2.75) is 26.3 Å². The van der Waals surface area contributed by atoms with E-state index in [1.807, 2.05) is 24.3 Å². The van der Waals surface area contributed by atoms with E-state index in [1.165, 1.54) is 0 Å². The lowest BCUT2D eigenvalue weighted by atomic mass is 10.0. The molecule has 1 amide bonds. The molecule has 17 heavy (non-hydrogen) atoms. The topological polar surface area (TPSA) is 29.1 Å². The van der Waals surface area contributed by atoms with Crippen LogP contribution >= 0.6 is 38.5 Å². The Morgan fingerprint density at radius 1 is 1.47 bits per heavy atom. The average Bonchev–Trinajstić information content (AvgIpc) is 2.27. The summed E-state index contributed by atoms with van der Waals surface area (Å²) >= 11 is 5.66. The van der Waals surface area contributed by atoms with Crippen LogP contribution in [-0.4, -0.2) is 17.3 Å². The normalized spacial score (nSPS) is 12.5. The molecule has 0 aliphatic heterocycles. The van der Waals surface area contributed by atoms with Crippen LogP contribution in [0.5, 0.6) is 0 Å². The zero-order valence-corrected chi connectivity index (χ0v) is 13.8. The SMILES string of the molecule is CC(C)CC(CBr)NC(=O)c1cccc(I)c1. The molecule has 0 saturated carbocycles. The van der Waals surface area contributed by atoms with Crippen molar-refractivity contribution >= 4 is 44.4 Å². The molecule has 0 aromatic heterocycles. The Balaban J connectivity index is 2.64. The Bertz CT molecular complexity index is 381. The maximum absolute atomic E-state index is 12.0. The van der Waals surface area contributed by atoms with E-state index < -0.39 is 0 Å². The number of amides is 1. The Hall–Kier alpha value is -0.100. The number of carbonyl (C=O) groups is 1. The fraction of sp³-hybridized carbons (Fsp3) is 0.462. The number of rotatable bonds is 5. The highest BCUT2D eigenvalue weighted by Gasteiger charge is 2.14. The molecule has 0 heterocycles. The number of alkyl halides is 1. The van der Waals surface area contributed by atoms with Crippen molar-refractivity contribution in [2.24, 2.45) is 5.92 Å². The molecule has 1 rings (SSSR count). The highest BCUT2D eigenvalue weighted by molar-refractivity contribution is 14.1. The standard InChI is InChI=1S/C13H17BrINO/c1-9(2)6-12(8-14)16-13(17)10-4-3-5-11(15)7-10/h3-5,7,9,12H,6,8H2,1-2H3,(H,16,17). The number of benzene rings is 1. The Morgan fingerprint density at radius 3 is 2.71 bits per heavy atom. The van der Waals surface area contributed by atoms with Gasteiger partial charge in [0.1, 0.15) is 0 Å². The van der Waals surface area contributed by atoms with Crippen molar-refractivity contribution in [2.75, 3.05) is 5.33 Å². The predicted molar refractivity (Wildman–Crippen MR) is 83.7 cm³/mol. The molecule has 0 bridgehead atoms. The van der Waals surface area contributed by atoms with Crippen molar-refractivity contribution < 1.29 is 4.79 Å². The molecule has 94 valence electrons. The number of halogens is 2. The van der Waals surface area contributed by atoms with E-state index in [-0.39, 0.29) is 11.9 Å². The number of carbonyl (C=O) groups excluding carboxylic acids is 1. The molecule has 2 nitrogen and oxygen atoms in total. The van der Waals surface area contributed by atoms with E-state index in [0.717, 1.165) is 20.9 Å². The van der Waals surface area contributed by atoms with Gasteiger partial charge in [0.05, 0.1) is 0 Å². The minimum absolute atomic E-state index is 0.00798. The quantitative estimate of drug-likeness (QED) is 0.581. The van der Waals surface area contributed by atoms with E-state index >= 15 is 0 Å². The first-order chi connectivity index (χ1) is 8.02. The summed E-state index contributed by atoms with van der Waals surface area (Å²) in [6, 6.07) is 7.82. The number of nitrogens with one attached hydrogen (secondary N) is 1. The number of hydrogen-bond acceptors (Lipinski definition) is 1. The van der Waals surface area contributed by atoms with Gasteiger partial charge in [0, 0.05) is 20.5 Å². The van der Waals surface area contributed by atoms with Gasteiger partial charge in [-0.1, -0.05) is 35.8 Å². The highest BCUT2D eigenvalue weighted by Crippen LogP contribution is 2.10. The fourth-order valence-electron chi connectivity index (χ4n) is 1.63. The van der Waals surface area contributed by atoms with E-state index in [2.05, 4.69) is 57.7 Å². The van der Waals surface area contributed by atoms with Crippen molar-refractivity contribution in [1.29, 1.82) is 0 Å². The summed E-state index contributed by atoms with van der Waals surface area (Å²) in [5.41, 5.74) is 0.728. The molecule has 1 aromatic carbocycles. The lowest BCUT2D eigenvalue weighted by Crippen LogP contribution is -2.37. The summed E-state index contributed by atoms with van der Waals surface area (Å²) in [6.45, 7) is 4.32. The second-order valence-corrected chi connectivity index (χ2v) is 6.36. The first-order valence-electron chi connectivity index (χ1n) is 5.65. The summed E-state index contributed by atoms with van der Waals surface area (Å²) in [5.74, 6) is 0.586. The van der Waals surface area contributed by atoms with Crippen LogP contribution in [0, 0.1) is 9.49 Å². The van der Waals surface area contributed by atoms with Gasteiger partial charge >= 0.3 is 0 Å². The molecule has 0 spiro atoms. The van der Waals surface area contributed by atoms with Crippen molar-refractivity contribution in [3.05, 3.63) is 33.4 Å². The summed E-state index contributed by atoms with van der Waals surface area (Å²) in [6.07, 6.45) is 0.987. The van der Waals surface area contributed by atoms with Gasteiger partial charge in [-0.25, -0.2) is 0 Å². The van der Waals surface area contributed by atoms with Crippen LogP contribution in [0.25, 0.3) is 0 Å². The molecular formula is C13H17BrINO. The van der Waals surface area contributed by atoms with Gasteiger partial charge in [-0.3, -0.25) is 4.79 Å². The molecule has 0 aliphatic rings. The van der Waals surface area contributed by atoms with Gasteiger partial charge in [0.25, 0.3) is 5.91 Å². The van der Waals surface area contributed by atoms with Crippen LogP contribution in [0.3, 0.4) is 0 Å². The molecule has 1 N–H and O–H groups in total. The van der Waals surface area contributed by atoms with Gasteiger partial charge in [-0.2, -0.15) is 0 Å². The van der Waals surface area contributed by atoms with Crippen LogP contribution in [0.15, 0.2) is 24.3 Å². The number of hydrogen-bond donors (Lipinski definition) is 1. The van der Waals surface area contributed by atoms with Crippen molar-refractivity contribution in [3.63, 3.8) is 0 Å². The first kappa shape index (κ1) is 15.0. The third kappa shape index (κ3) is 5.38. The average molecular weight is 410 g/mol. The summed E-state index contributed by atoms with van der Waals surface area (Å²) < 4.78 is 1.08. The zero-order chi connectivity index (χ0) is 12.8. The maximum atomic E-state index is 12.0. The molecule has 1 aromatic rings. The van der Waals surface area contributed by atoms with Crippen molar-refractivity contribution in [1.82, 2.24) is 5.32 Å². The minimum Gasteiger partial charge on any atom is -0.348 e. The third-order valence-electron chi connectivity index (χ3n) is 2.36. The molecule has 0 aliphatic carbocycles.